The van der Waals surface area contributed by atoms with E-state index in [0.717, 1.165) is 12.8 Å². The summed E-state index contributed by atoms with van der Waals surface area (Å²) in [5, 5.41) is 9.17. The summed E-state index contributed by atoms with van der Waals surface area (Å²) >= 11 is 0. The summed E-state index contributed by atoms with van der Waals surface area (Å²) in [6.07, 6.45) is -2.83. The average molecular weight is 318 g/mol. The molecule has 122 valence electrons. The normalized spacial score (nSPS) is 19.1. The summed E-state index contributed by atoms with van der Waals surface area (Å²) in [7, 11) is 0. The lowest BCUT2D eigenvalue weighted by Gasteiger charge is -2.31. The van der Waals surface area contributed by atoms with Gasteiger partial charge in [0.1, 0.15) is 5.69 Å². The second kappa shape index (κ2) is 6.95. The number of aliphatic hydroxyl groups excluding tert-OH is 1. The number of pyridine rings is 1. The van der Waals surface area contributed by atoms with E-state index in [1.165, 1.54) is 18.2 Å². The predicted octanol–water partition coefficient (Wildman–Crippen LogP) is 1.87. The molecular formula is C14H17F3N2O3. The van der Waals surface area contributed by atoms with Gasteiger partial charge in [-0.15, -0.1) is 0 Å². The van der Waals surface area contributed by atoms with Gasteiger partial charge in [0.2, 0.25) is 5.88 Å². The summed E-state index contributed by atoms with van der Waals surface area (Å²) in [6.45, 7) is -0.477. The number of ether oxygens (including phenoxy) is 1. The summed E-state index contributed by atoms with van der Waals surface area (Å²) < 4.78 is 40.9. The topological polar surface area (TPSA) is 62.7 Å². The van der Waals surface area contributed by atoms with Crippen LogP contribution >= 0.6 is 0 Å². The lowest BCUT2D eigenvalue weighted by atomic mass is 9.99. The van der Waals surface area contributed by atoms with Gasteiger partial charge in [-0.3, -0.25) is 4.79 Å². The number of halogens is 3. The van der Waals surface area contributed by atoms with Crippen LogP contribution in [0.2, 0.25) is 0 Å². The molecule has 1 unspecified atom stereocenters. The molecule has 22 heavy (non-hydrogen) atoms. The first-order chi connectivity index (χ1) is 10.4. The molecule has 1 saturated heterocycles. The quantitative estimate of drug-likeness (QED) is 0.920. The largest absolute Gasteiger partial charge is 0.468 e. The molecule has 5 nitrogen and oxygen atoms in total. The van der Waals surface area contributed by atoms with Crippen molar-refractivity contribution in [2.45, 2.75) is 19.0 Å². The molecule has 8 heteroatoms. The Morgan fingerprint density at radius 2 is 2.23 bits per heavy atom. The zero-order chi connectivity index (χ0) is 16.2. The van der Waals surface area contributed by atoms with Crippen molar-refractivity contribution in [3.63, 3.8) is 0 Å². The Labute approximate surface area is 125 Å². The van der Waals surface area contributed by atoms with Gasteiger partial charge in [0, 0.05) is 25.8 Å². The predicted molar refractivity (Wildman–Crippen MR) is 71.5 cm³/mol. The van der Waals surface area contributed by atoms with Gasteiger partial charge < -0.3 is 14.7 Å². The molecular weight excluding hydrogens is 301 g/mol. The lowest BCUT2D eigenvalue weighted by molar-refractivity contribution is -0.154. The number of piperidine rings is 1. The van der Waals surface area contributed by atoms with Gasteiger partial charge in [-0.25, -0.2) is 4.98 Å². The molecule has 1 aliphatic heterocycles. The van der Waals surface area contributed by atoms with Crippen LogP contribution in [-0.2, 0) is 0 Å². The molecule has 1 aromatic heterocycles. The standard InChI is InChI=1S/C14H17F3N2O3/c15-14(16,17)9-22-12-5-1-4-11(18-12)13(21)19-6-2-3-10(7-19)8-20/h1,4-5,10,20H,2-3,6-9H2. The summed E-state index contributed by atoms with van der Waals surface area (Å²) in [5.41, 5.74) is 0.0401. The maximum absolute atomic E-state index is 12.3. The first-order valence-corrected chi connectivity index (χ1v) is 6.96. The zero-order valence-corrected chi connectivity index (χ0v) is 11.8. The first-order valence-electron chi connectivity index (χ1n) is 6.96. The lowest BCUT2D eigenvalue weighted by Crippen LogP contribution is -2.41. The molecule has 0 spiro atoms. The van der Waals surface area contributed by atoms with Crippen LogP contribution in [0.4, 0.5) is 13.2 Å². The highest BCUT2D eigenvalue weighted by Gasteiger charge is 2.29. The Bertz CT molecular complexity index is 522. The van der Waals surface area contributed by atoms with Gasteiger partial charge in [-0.05, 0) is 24.8 Å². The van der Waals surface area contributed by atoms with E-state index >= 15 is 0 Å². The molecule has 2 heterocycles. The minimum absolute atomic E-state index is 0.00589. The second-order valence-corrected chi connectivity index (χ2v) is 5.21. The molecule has 1 N–H and O–H groups in total. The van der Waals surface area contributed by atoms with Crippen LogP contribution in [0.1, 0.15) is 23.3 Å². The third-order valence-corrected chi connectivity index (χ3v) is 3.39. The molecule has 1 aliphatic rings. The second-order valence-electron chi connectivity index (χ2n) is 5.21. The molecule has 0 bridgehead atoms. The molecule has 0 aromatic carbocycles. The number of carbonyl (C=O) groups excluding carboxylic acids is 1. The number of hydrogen-bond acceptors (Lipinski definition) is 4. The number of hydrogen-bond donors (Lipinski definition) is 1. The first kappa shape index (κ1) is 16.5. The smallest absolute Gasteiger partial charge is 0.422 e. The Morgan fingerprint density at radius 1 is 1.45 bits per heavy atom. The molecule has 1 atom stereocenters. The van der Waals surface area contributed by atoms with E-state index in [9.17, 15) is 23.1 Å². The number of amides is 1. The number of aromatic nitrogens is 1. The van der Waals surface area contributed by atoms with E-state index in [0.29, 0.717) is 13.1 Å². The van der Waals surface area contributed by atoms with E-state index in [-0.39, 0.29) is 30.0 Å². The zero-order valence-electron chi connectivity index (χ0n) is 11.8. The number of carbonyl (C=O) groups is 1. The number of likely N-dealkylation sites (tertiary alicyclic amines) is 1. The van der Waals surface area contributed by atoms with Gasteiger partial charge in [0.05, 0.1) is 0 Å². The van der Waals surface area contributed by atoms with Gasteiger partial charge >= 0.3 is 6.18 Å². The molecule has 1 aromatic rings. The van der Waals surface area contributed by atoms with Crippen molar-refractivity contribution in [2.24, 2.45) is 5.92 Å². The number of aliphatic hydroxyl groups is 1. The molecule has 1 fully saturated rings. The van der Waals surface area contributed by atoms with Crippen molar-refractivity contribution < 1.29 is 27.8 Å². The van der Waals surface area contributed by atoms with Crippen LogP contribution in [0.25, 0.3) is 0 Å². The Balaban J connectivity index is 2.03. The molecule has 0 saturated carbocycles. The van der Waals surface area contributed by atoms with Gasteiger partial charge in [-0.2, -0.15) is 13.2 Å². The van der Waals surface area contributed by atoms with E-state index in [1.807, 2.05) is 0 Å². The number of alkyl halides is 3. The minimum atomic E-state index is -4.46. The molecule has 2 rings (SSSR count). The monoisotopic (exact) mass is 318 g/mol. The van der Waals surface area contributed by atoms with E-state index in [1.54, 1.807) is 4.90 Å². The van der Waals surface area contributed by atoms with E-state index < -0.39 is 12.8 Å². The molecule has 1 amide bonds. The number of nitrogens with zero attached hydrogens (tertiary/aromatic N) is 2. The van der Waals surface area contributed by atoms with Crippen LogP contribution in [-0.4, -0.2) is 53.4 Å². The highest BCUT2D eigenvalue weighted by Crippen LogP contribution is 2.20. The van der Waals surface area contributed by atoms with E-state index in [4.69, 9.17) is 0 Å². The van der Waals surface area contributed by atoms with Crippen molar-refractivity contribution in [1.82, 2.24) is 9.88 Å². The highest BCUT2D eigenvalue weighted by molar-refractivity contribution is 5.92. The van der Waals surface area contributed by atoms with Crippen molar-refractivity contribution in [1.29, 1.82) is 0 Å². The fraction of sp³-hybridized carbons (Fsp3) is 0.571. The van der Waals surface area contributed by atoms with Gasteiger partial charge in [0.25, 0.3) is 5.91 Å². The van der Waals surface area contributed by atoms with Crippen LogP contribution < -0.4 is 4.74 Å². The van der Waals surface area contributed by atoms with Crippen LogP contribution in [0.5, 0.6) is 5.88 Å². The van der Waals surface area contributed by atoms with Crippen LogP contribution in [0.3, 0.4) is 0 Å². The third-order valence-electron chi connectivity index (χ3n) is 3.39. The summed E-state index contributed by atoms with van der Waals surface area (Å²) in [6, 6.07) is 4.14. The van der Waals surface area contributed by atoms with Gasteiger partial charge in [-0.1, -0.05) is 6.07 Å². The summed E-state index contributed by atoms with van der Waals surface area (Å²) in [4.78, 5) is 17.7. The van der Waals surface area contributed by atoms with Crippen molar-refractivity contribution >= 4 is 5.91 Å². The maximum Gasteiger partial charge on any atom is 0.422 e. The Hall–Kier alpha value is -1.83. The highest BCUT2D eigenvalue weighted by atomic mass is 19.4. The van der Waals surface area contributed by atoms with Crippen molar-refractivity contribution in [2.75, 3.05) is 26.3 Å². The number of rotatable bonds is 4. The van der Waals surface area contributed by atoms with Crippen LogP contribution in [0.15, 0.2) is 18.2 Å². The Kier molecular flexibility index (Phi) is 5.23. The minimum Gasteiger partial charge on any atom is -0.468 e. The van der Waals surface area contributed by atoms with Gasteiger partial charge in [0.15, 0.2) is 6.61 Å². The van der Waals surface area contributed by atoms with Crippen LogP contribution in [0, 0.1) is 5.92 Å². The fourth-order valence-electron chi connectivity index (χ4n) is 2.33. The summed E-state index contributed by atoms with van der Waals surface area (Å²) in [5.74, 6) is -0.572. The molecule has 0 aliphatic carbocycles. The Morgan fingerprint density at radius 3 is 2.91 bits per heavy atom. The fourth-order valence-corrected chi connectivity index (χ4v) is 2.33. The third kappa shape index (κ3) is 4.59. The SMILES string of the molecule is O=C(c1cccc(OCC(F)(F)F)n1)N1CCCC(CO)C1. The van der Waals surface area contributed by atoms with Crippen molar-refractivity contribution in [3.8, 4) is 5.88 Å². The van der Waals surface area contributed by atoms with Crippen molar-refractivity contribution in [3.05, 3.63) is 23.9 Å². The molecule has 0 radical (unpaired) electrons. The average Bonchev–Trinajstić information content (AvgIpc) is 2.52. The maximum atomic E-state index is 12.3. The van der Waals surface area contributed by atoms with E-state index in [2.05, 4.69) is 9.72 Å².